The lowest BCUT2D eigenvalue weighted by atomic mass is 10.0. The van der Waals surface area contributed by atoms with Crippen molar-refractivity contribution in [3.63, 3.8) is 0 Å². The van der Waals surface area contributed by atoms with Crippen LogP contribution in [0.25, 0.3) is 11.1 Å². The van der Waals surface area contributed by atoms with E-state index in [2.05, 4.69) is 4.74 Å². The minimum Gasteiger partial charge on any atom is -0.405 e. The van der Waals surface area contributed by atoms with Gasteiger partial charge in [0.05, 0.1) is 11.6 Å². The first-order chi connectivity index (χ1) is 8.99. The first-order valence-corrected chi connectivity index (χ1v) is 5.35. The number of para-hydroxylation sites is 1. The molecule has 0 spiro atoms. The summed E-state index contributed by atoms with van der Waals surface area (Å²) >= 11 is 0. The van der Waals surface area contributed by atoms with Crippen LogP contribution in [0.5, 0.6) is 5.75 Å². The third-order valence-corrected chi connectivity index (χ3v) is 2.42. The molecule has 5 heteroatoms. The van der Waals surface area contributed by atoms with Crippen molar-refractivity contribution < 1.29 is 17.9 Å². The van der Waals surface area contributed by atoms with E-state index in [0.717, 1.165) is 0 Å². The second-order valence-electron chi connectivity index (χ2n) is 3.74. The van der Waals surface area contributed by atoms with Gasteiger partial charge < -0.3 is 4.74 Å². The molecule has 96 valence electrons. The first kappa shape index (κ1) is 13.0. The summed E-state index contributed by atoms with van der Waals surface area (Å²) in [6.07, 6.45) is -4.75. The quantitative estimate of drug-likeness (QED) is 0.816. The number of ether oxygens (including phenoxy) is 1. The highest BCUT2D eigenvalue weighted by molar-refractivity contribution is 5.71. The van der Waals surface area contributed by atoms with E-state index in [1.54, 1.807) is 24.3 Å². The molecule has 0 aromatic heterocycles. The summed E-state index contributed by atoms with van der Waals surface area (Å²) in [6, 6.07) is 14.1. The summed E-state index contributed by atoms with van der Waals surface area (Å²) in [4.78, 5) is 0. The summed E-state index contributed by atoms with van der Waals surface area (Å²) in [5.74, 6) is -0.287. The summed E-state index contributed by atoms with van der Waals surface area (Å²) in [6.45, 7) is 0. The van der Waals surface area contributed by atoms with E-state index < -0.39 is 6.36 Å². The van der Waals surface area contributed by atoms with E-state index in [1.165, 1.54) is 24.3 Å². The summed E-state index contributed by atoms with van der Waals surface area (Å²) < 4.78 is 40.9. The molecule has 0 radical (unpaired) electrons. The van der Waals surface area contributed by atoms with Gasteiger partial charge in [0.1, 0.15) is 5.75 Å². The Morgan fingerprint density at radius 2 is 1.74 bits per heavy atom. The number of hydrogen-bond acceptors (Lipinski definition) is 2. The number of benzene rings is 2. The van der Waals surface area contributed by atoms with Crippen LogP contribution in [0.15, 0.2) is 48.5 Å². The van der Waals surface area contributed by atoms with Gasteiger partial charge in [-0.1, -0.05) is 30.3 Å². The molecule has 0 unspecified atom stereocenters. The van der Waals surface area contributed by atoms with E-state index in [9.17, 15) is 13.2 Å². The molecule has 0 aliphatic carbocycles. The maximum atomic E-state index is 12.3. The molecule has 0 N–H and O–H groups in total. The Hall–Kier alpha value is -2.48. The van der Waals surface area contributed by atoms with Crippen LogP contribution in [0.1, 0.15) is 5.56 Å². The molecule has 2 nitrogen and oxygen atoms in total. The van der Waals surface area contributed by atoms with Crippen LogP contribution in [0.2, 0.25) is 0 Å². The largest absolute Gasteiger partial charge is 0.573 e. The number of halogens is 3. The highest BCUT2D eigenvalue weighted by Gasteiger charge is 2.32. The van der Waals surface area contributed by atoms with Crippen LogP contribution in [0.3, 0.4) is 0 Å². The van der Waals surface area contributed by atoms with Gasteiger partial charge in [0.15, 0.2) is 0 Å². The van der Waals surface area contributed by atoms with Gasteiger partial charge in [0, 0.05) is 5.56 Å². The number of hydrogen-bond donors (Lipinski definition) is 0. The van der Waals surface area contributed by atoms with Gasteiger partial charge >= 0.3 is 6.36 Å². The summed E-state index contributed by atoms with van der Waals surface area (Å²) in [5, 5.41) is 8.80. The standard InChI is InChI=1S/C14H8F3NO/c15-14(16,17)19-13-7-2-1-6-12(13)11-5-3-4-10(8-11)9-18/h1-8H. The van der Waals surface area contributed by atoms with Crippen molar-refractivity contribution in [1.82, 2.24) is 0 Å². The molecular formula is C14H8F3NO. The first-order valence-electron chi connectivity index (χ1n) is 5.35. The number of nitrogens with zero attached hydrogens (tertiary/aromatic N) is 1. The lowest BCUT2D eigenvalue weighted by molar-refractivity contribution is -0.274. The zero-order valence-corrected chi connectivity index (χ0v) is 9.61. The van der Waals surface area contributed by atoms with Crippen molar-refractivity contribution >= 4 is 0 Å². The molecule has 2 rings (SSSR count). The van der Waals surface area contributed by atoms with Crippen LogP contribution < -0.4 is 4.74 Å². The molecule has 19 heavy (non-hydrogen) atoms. The molecule has 0 heterocycles. The lowest BCUT2D eigenvalue weighted by Gasteiger charge is -2.13. The Balaban J connectivity index is 2.47. The number of alkyl halides is 3. The molecule has 0 saturated heterocycles. The van der Waals surface area contributed by atoms with E-state index in [-0.39, 0.29) is 11.3 Å². The van der Waals surface area contributed by atoms with Crippen molar-refractivity contribution in [3.8, 4) is 22.9 Å². The zero-order valence-electron chi connectivity index (χ0n) is 9.61. The van der Waals surface area contributed by atoms with Gasteiger partial charge in [-0.3, -0.25) is 0 Å². The predicted molar refractivity (Wildman–Crippen MR) is 63.3 cm³/mol. The molecule has 0 aliphatic heterocycles. The fourth-order valence-electron chi connectivity index (χ4n) is 1.68. The van der Waals surface area contributed by atoms with E-state index in [4.69, 9.17) is 5.26 Å². The van der Waals surface area contributed by atoms with Gasteiger partial charge in [0.25, 0.3) is 0 Å². The van der Waals surface area contributed by atoms with Crippen LogP contribution in [0.4, 0.5) is 13.2 Å². The van der Waals surface area contributed by atoms with Crippen LogP contribution in [0, 0.1) is 11.3 Å². The van der Waals surface area contributed by atoms with Crippen molar-refractivity contribution in [2.75, 3.05) is 0 Å². The fraction of sp³-hybridized carbons (Fsp3) is 0.0714. The monoisotopic (exact) mass is 263 g/mol. The molecule has 2 aromatic rings. The van der Waals surface area contributed by atoms with Gasteiger partial charge in [-0.15, -0.1) is 13.2 Å². The maximum absolute atomic E-state index is 12.3. The molecule has 0 atom stereocenters. The van der Waals surface area contributed by atoms with Gasteiger partial charge in [-0.2, -0.15) is 5.26 Å². The Labute approximate surface area is 107 Å². The van der Waals surface area contributed by atoms with E-state index >= 15 is 0 Å². The minimum atomic E-state index is -4.75. The van der Waals surface area contributed by atoms with Gasteiger partial charge in [0.2, 0.25) is 0 Å². The molecule has 2 aromatic carbocycles. The van der Waals surface area contributed by atoms with Crippen LogP contribution in [-0.4, -0.2) is 6.36 Å². The Kier molecular flexibility index (Phi) is 3.43. The highest BCUT2D eigenvalue weighted by Crippen LogP contribution is 2.33. The fourth-order valence-corrected chi connectivity index (χ4v) is 1.68. The van der Waals surface area contributed by atoms with Crippen molar-refractivity contribution in [2.24, 2.45) is 0 Å². The lowest BCUT2D eigenvalue weighted by Crippen LogP contribution is -2.17. The van der Waals surface area contributed by atoms with E-state index in [1.807, 2.05) is 6.07 Å². The average Bonchev–Trinajstić information content (AvgIpc) is 2.37. The summed E-state index contributed by atoms with van der Waals surface area (Å²) in [5.41, 5.74) is 1.16. The highest BCUT2D eigenvalue weighted by atomic mass is 19.4. The average molecular weight is 263 g/mol. The second kappa shape index (κ2) is 5.02. The Morgan fingerprint density at radius 1 is 1.00 bits per heavy atom. The van der Waals surface area contributed by atoms with Crippen LogP contribution >= 0.6 is 0 Å². The Morgan fingerprint density at radius 3 is 2.42 bits per heavy atom. The topological polar surface area (TPSA) is 33.0 Å². The molecule has 0 aliphatic rings. The predicted octanol–water partition coefficient (Wildman–Crippen LogP) is 4.12. The smallest absolute Gasteiger partial charge is 0.405 e. The van der Waals surface area contributed by atoms with Gasteiger partial charge in [-0.25, -0.2) is 0 Å². The van der Waals surface area contributed by atoms with E-state index in [0.29, 0.717) is 11.1 Å². The third kappa shape index (κ3) is 3.26. The van der Waals surface area contributed by atoms with Crippen molar-refractivity contribution in [2.45, 2.75) is 6.36 Å². The number of nitriles is 1. The van der Waals surface area contributed by atoms with Crippen molar-refractivity contribution in [1.29, 1.82) is 5.26 Å². The zero-order chi connectivity index (χ0) is 13.9. The minimum absolute atomic E-state index is 0.287. The van der Waals surface area contributed by atoms with Crippen LogP contribution in [-0.2, 0) is 0 Å². The second-order valence-corrected chi connectivity index (χ2v) is 3.74. The number of rotatable bonds is 2. The SMILES string of the molecule is N#Cc1cccc(-c2ccccc2OC(F)(F)F)c1. The maximum Gasteiger partial charge on any atom is 0.573 e. The summed E-state index contributed by atoms with van der Waals surface area (Å²) in [7, 11) is 0. The van der Waals surface area contributed by atoms with Gasteiger partial charge in [-0.05, 0) is 23.8 Å². The molecular weight excluding hydrogens is 255 g/mol. The normalized spacial score (nSPS) is 10.8. The van der Waals surface area contributed by atoms with Crippen molar-refractivity contribution in [3.05, 3.63) is 54.1 Å². The molecule has 0 amide bonds. The molecule has 0 fully saturated rings. The molecule has 0 bridgehead atoms. The molecule has 0 saturated carbocycles. The Bertz CT molecular complexity index is 629. The third-order valence-electron chi connectivity index (χ3n) is 2.42.